The number of anilines is 2. The molecule has 0 saturated heterocycles. The Balaban J connectivity index is 2.27. The third-order valence-corrected chi connectivity index (χ3v) is 2.45. The lowest BCUT2D eigenvalue weighted by Crippen LogP contribution is -1.96. The lowest BCUT2D eigenvalue weighted by Gasteiger charge is -2.09. The average molecular weight is 234 g/mol. The van der Waals surface area contributed by atoms with Gasteiger partial charge in [0, 0.05) is 11.9 Å². The fourth-order valence-electron chi connectivity index (χ4n) is 1.50. The van der Waals surface area contributed by atoms with Crippen LogP contribution in [0.25, 0.3) is 0 Å². The van der Waals surface area contributed by atoms with Gasteiger partial charge < -0.3 is 5.32 Å². The van der Waals surface area contributed by atoms with Crippen LogP contribution in [0, 0.1) is 13.8 Å². The summed E-state index contributed by atoms with van der Waals surface area (Å²) in [6.45, 7) is 4.12. The van der Waals surface area contributed by atoms with E-state index >= 15 is 0 Å². The first-order valence-corrected chi connectivity index (χ1v) is 5.36. The summed E-state index contributed by atoms with van der Waals surface area (Å²) in [4.78, 5) is 7.91. The second-order valence-corrected chi connectivity index (χ2v) is 3.99. The van der Waals surface area contributed by atoms with Gasteiger partial charge in [-0.3, -0.25) is 0 Å². The summed E-state index contributed by atoms with van der Waals surface area (Å²) in [6, 6.07) is 7.98. The molecule has 16 heavy (non-hydrogen) atoms. The van der Waals surface area contributed by atoms with Gasteiger partial charge in [0.15, 0.2) is 0 Å². The molecule has 0 aliphatic heterocycles. The SMILES string of the molecule is Cc1ccc(Nc2ccnc(Cl)n2)c(C)c1. The van der Waals surface area contributed by atoms with Gasteiger partial charge in [-0.25, -0.2) is 9.97 Å². The van der Waals surface area contributed by atoms with Crippen LogP contribution in [-0.2, 0) is 0 Å². The Morgan fingerprint density at radius 2 is 2.00 bits per heavy atom. The van der Waals surface area contributed by atoms with Gasteiger partial charge in [0.1, 0.15) is 5.82 Å². The zero-order valence-electron chi connectivity index (χ0n) is 9.16. The van der Waals surface area contributed by atoms with E-state index in [1.54, 1.807) is 12.3 Å². The summed E-state index contributed by atoms with van der Waals surface area (Å²) in [6.07, 6.45) is 1.63. The molecule has 0 spiro atoms. The highest BCUT2D eigenvalue weighted by molar-refractivity contribution is 6.28. The van der Waals surface area contributed by atoms with Gasteiger partial charge >= 0.3 is 0 Å². The minimum Gasteiger partial charge on any atom is -0.340 e. The molecular weight excluding hydrogens is 222 g/mol. The number of hydrogen-bond donors (Lipinski definition) is 1. The van der Waals surface area contributed by atoms with Crippen LogP contribution in [0.1, 0.15) is 11.1 Å². The van der Waals surface area contributed by atoms with E-state index in [0.717, 1.165) is 5.69 Å². The molecule has 0 bridgehead atoms. The molecular formula is C12H12ClN3. The highest BCUT2D eigenvalue weighted by Crippen LogP contribution is 2.20. The quantitative estimate of drug-likeness (QED) is 0.807. The first-order chi connectivity index (χ1) is 7.65. The lowest BCUT2D eigenvalue weighted by molar-refractivity contribution is 1.16. The Hall–Kier alpha value is -1.61. The summed E-state index contributed by atoms with van der Waals surface area (Å²) in [5.74, 6) is 0.701. The number of aromatic nitrogens is 2. The number of rotatable bonds is 2. The summed E-state index contributed by atoms with van der Waals surface area (Å²) >= 11 is 5.71. The minimum atomic E-state index is 0.245. The summed E-state index contributed by atoms with van der Waals surface area (Å²) in [5.41, 5.74) is 3.44. The van der Waals surface area contributed by atoms with Crippen LogP contribution in [0.15, 0.2) is 30.5 Å². The van der Waals surface area contributed by atoms with Gasteiger partial charge in [0.25, 0.3) is 0 Å². The van der Waals surface area contributed by atoms with E-state index < -0.39 is 0 Å². The van der Waals surface area contributed by atoms with Crippen molar-refractivity contribution in [3.63, 3.8) is 0 Å². The minimum absolute atomic E-state index is 0.245. The van der Waals surface area contributed by atoms with Crippen LogP contribution < -0.4 is 5.32 Å². The van der Waals surface area contributed by atoms with Crippen molar-refractivity contribution in [1.82, 2.24) is 9.97 Å². The molecule has 2 aromatic rings. The first kappa shape index (κ1) is 10.9. The van der Waals surface area contributed by atoms with E-state index in [1.165, 1.54) is 11.1 Å². The smallest absolute Gasteiger partial charge is 0.224 e. The molecule has 1 aromatic carbocycles. The summed E-state index contributed by atoms with van der Waals surface area (Å²) in [7, 11) is 0. The van der Waals surface area contributed by atoms with Gasteiger partial charge in [-0.2, -0.15) is 0 Å². The Bertz CT molecular complexity index is 511. The number of benzene rings is 1. The van der Waals surface area contributed by atoms with Crippen molar-refractivity contribution >= 4 is 23.1 Å². The van der Waals surface area contributed by atoms with E-state index in [1.807, 2.05) is 6.07 Å². The molecule has 0 unspecified atom stereocenters. The maximum atomic E-state index is 5.71. The third kappa shape index (κ3) is 2.49. The van der Waals surface area contributed by atoms with Crippen molar-refractivity contribution in [2.45, 2.75) is 13.8 Å². The lowest BCUT2D eigenvalue weighted by atomic mass is 10.1. The van der Waals surface area contributed by atoms with E-state index in [-0.39, 0.29) is 5.28 Å². The largest absolute Gasteiger partial charge is 0.340 e. The second-order valence-electron chi connectivity index (χ2n) is 3.65. The molecule has 0 fully saturated rings. The average Bonchev–Trinajstić information content (AvgIpc) is 2.22. The molecule has 0 aliphatic carbocycles. The van der Waals surface area contributed by atoms with Crippen LogP contribution >= 0.6 is 11.6 Å². The number of nitrogens with one attached hydrogen (secondary N) is 1. The normalized spacial score (nSPS) is 10.2. The van der Waals surface area contributed by atoms with Crippen LogP contribution in [0.5, 0.6) is 0 Å². The maximum absolute atomic E-state index is 5.71. The first-order valence-electron chi connectivity index (χ1n) is 4.98. The molecule has 0 radical (unpaired) electrons. The van der Waals surface area contributed by atoms with Crippen molar-refractivity contribution in [2.24, 2.45) is 0 Å². The molecule has 1 aromatic heterocycles. The van der Waals surface area contributed by atoms with Crippen LogP contribution in [0.4, 0.5) is 11.5 Å². The van der Waals surface area contributed by atoms with Crippen molar-refractivity contribution in [3.05, 3.63) is 46.9 Å². The van der Waals surface area contributed by atoms with Crippen molar-refractivity contribution in [1.29, 1.82) is 0 Å². The third-order valence-electron chi connectivity index (χ3n) is 2.27. The van der Waals surface area contributed by atoms with E-state index in [2.05, 4.69) is 41.3 Å². The molecule has 3 nitrogen and oxygen atoms in total. The fourth-order valence-corrected chi connectivity index (χ4v) is 1.64. The molecule has 82 valence electrons. The number of aryl methyl sites for hydroxylation is 2. The van der Waals surface area contributed by atoms with Crippen LogP contribution in [-0.4, -0.2) is 9.97 Å². The van der Waals surface area contributed by atoms with Gasteiger partial charge in [-0.15, -0.1) is 0 Å². The van der Waals surface area contributed by atoms with Gasteiger partial charge in [-0.05, 0) is 43.1 Å². The Kier molecular flexibility index (Phi) is 3.06. The molecule has 0 saturated carbocycles. The Morgan fingerprint density at radius 1 is 1.19 bits per heavy atom. The van der Waals surface area contributed by atoms with E-state index in [9.17, 15) is 0 Å². The summed E-state index contributed by atoms with van der Waals surface area (Å²) in [5, 5.41) is 3.45. The number of halogens is 1. The second kappa shape index (κ2) is 4.49. The molecule has 0 aliphatic rings. The molecule has 4 heteroatoms. The molecule has 0 amide bonds. The van der Waals surface area contributed by atoms with Gasteiger partial charge in [0.05, 0.1) is 0 Å². The highest BCUT2D eigenvalue weighted by Gasteiger charge is 2.00. The topological polar surface area (TPSA) is 37.8 Å². The number of hydrogen-bond acceptors (Lipinski definition) is 3. The van der Waals surface area contributed by atoms with E-state index in [4.69, 9.17) is 11.6 Å². The standard InChI is InChI=1S/C12H12ClN3/c1-8-3-4-10(9(2)7-8)15-11-5-6-14-12(13)16-11/h3-7H,1-2H3,(H,14,15,16). The maximum Gasteiger partial charge on any atom is 0.224 e. The monoisotopic (exact) mass is 233 g/mol. The van der Waals surface area contributed by atoms with Crippen molar-refractivity contribution in [3.8, 4) is 0 Å². The molecule has 2 rings (SSSR count). The van der Waals surface area contributed by atoms with E-state index in [0.29, 0.717) is 5.82 Å². The van der Waals surface area contributed by atoms with Gasteiger partial charge in [0.2, 0.25) is 5.28 Å². The summed E-state index contributed by atoms with van der Waals surface area (Å²) < 4.78 is 0. The van der Waals surface area contributed by atoms with Crippen LogP contribution in [0.2, 0.25) is 5.28 Å². The molecule has 0 atom stereocenters. The predicted molar refractivity (Wildman–Crippen MR) is 66.2 cm³/mol. The van der Waals surface area contributed by atoms with Crippen LogP contribution in [0.3, 0.4) is 0 Å². The highest BCUT2D eigenvalue weighted by atomic mass is 35.5. The zero-order chi connectivity index (χ0) is 11.5. The van der Waals surface area contributed by atoms with Crippen molar-refractivity contribution in [2.75, 3.05) is 5.32 Å². The number of nitrogens with zero attached hydrogens (tertiary/aromatic N) is 2. The van der Waals surface area contributed by atoms with Crippen molar-refractivity contribution < 1.29 is 0 Å². The molecule has 1 N–H and O–H groups in total. The van der Waals surface area contributed by atoms with Gasteiger partial charge in [-0.1, -0.05) is 17.7 Å². The fraction of sp³-hybridized carbons (Fsp3) is 0.167. The predicted octanol–water partition coefficient (Wildman–Crippen LogP) is 3.49. The zero-order valence-corrected chi connectivity index (χ0v) is 9.92. The molecule has 1 heterocycles. The Morgan fingerprint density at radius 3 is 2.69 bits per heavy atom. The Labute approximate surface area is 99.5 Å².